The van der Waals surface area contributed by atoms with Gasteiger partial charge in [0.25, 0.3) is 0 Å². The molecular formula is C10H9NO. The third-order valence-corrected chi connectivity index (χ3v) is 1.76. The molecule has 0 aliphatic carbocycles. The smallest absolute Gasteiger partial charge is 0.174 e. The number of allylic oxidation sites excluding steroid dienone is 1. The average molecular weight is 159 g/mol. The lowest BCUT2D eigenvalue weighted by Crippen LogP contribution is -1.71. The number of nitrogens with zero attached hydrogens (tertiary/aromatic N) is 1. The Hall–Kier alpha value is -1.57. The van der Waals surface area contributed by atoms with Crippen LogP contribution in [-0.2, 0) is 0 Å². The van der Waals surface area contributed by atoms with Crippen LogP contribution < -0.4 is 0 Å². The number of hydrogen-bond donors (Lipinski definition) is 0. The highest BCUT2D eigenvalue weighted by atomic mass is 16.5. The maximum Gasteiger partial charge on any atom is 0.174 e. The minimum Gasteiger partial charge on any atom is -0.356 e. The summed E-state index contributed by atoms with van der Waals surface area (Å²) < 4.78 is 5.10. The second kappa shape index (κ2) is 2.81. The summed E-state index contributed by atoms with van der Waals surface area (Å²) in [5, 5.41) is 4.78. The zero-order valence-corrected chi connectivity index (χ0v) is 6.82. The zero-order valence-electron chi connectivity index (χ0n) is 6.82. The summed E-state index contributed by atoms with van der Waals surface area (Å²) in [4.78, 5) is 0. The van der Waals surface area contributed by atoms with Crippen molar-refractivity contribution in [2.24, 2.45) is 0 Å². The topological polar surface area (TPSA) is 26.0 Å². The molecule has 2 rings (SSSR count). The molecule has 0 amide bonds. The lowest BCUT2D eigenvalue weighted by molar-refractivity contribution is 0.456. The highest BCUT2D eigenvalue weighted by Gasteiger charge is 2.00. The first-order valence-corrected chi connectivity index (χ1v) is 3.88. The second-order valence-electron chi connectivity index (χ2n) is 2.59. The number of benzene rings is 1. The minimum atomic E-state index is 0.857. The Labute approximate surface area is 70.5 Å². The molecule has 0 unspecified atom stereocenters. The van der Waals surface area contributed by atoms with Gasteiger partial charge in [-0.1, -0.05) is 29.4 Å². The summed E-state index contributed by atoms with van der Waals surface area (Å²) in [7, 11) is 0. The van der Waals surface area contributed by atoms with Gasteiger partial charge in [0.1, 0.15) is 0 Å². The van der Waals surface area contributed by atoms with Gasteiger partial charge in [0.15, 0.2) is 5.58 Å². The van der Waals surface area contributed by atoms with Crippen molar-refractivity contribution in [2.75, 3.05) is 0 Å². The van der Waals surface area contributed by atoms with E-state index in [4.69, 9.17) is 4.52 Å². The van der Waals surface area contributed by atoms with Gasteiger partial charge in [0, 0.05) is 10.9 Å². The molecule has 0 N–H and O–H groups in total. The second-order valence-corrected chi connectivity index (χ2v) is 2.59. The number of fused-ring (bicyclic) bond motifs is 1. The fraction of sp³-hybridized carbons (Fsp3) is 0.100. The molecule has 1 aromatic carbocycles. The van der Waals surface area contributed by atoms with Crippen molar-refractivity contribution in [2.45, 2.75) is 6.92 Å². The minimum absolute atomic E-state index is 0.857. The first-order chi connectivity index (χ1) is 5.92. The van der Waals surface area contributed by atoms with E-state index in [0.29, 0.717) is 0 Å². The van der Waals surface area contributed by atoms with Gasteiger partial charge in [0.2, 0.25) is 0 Å². The summed E-state index contributed by atoms with van der Waals surface area (Å²) in [6.07, 6.45) is 5.72. The summed E-state index contributed by atoms with van der Waals surface area (Å²) in [5.41, 5.74) is 1.93. The monoisotopic (exact) mass is 159 g/mol. The van der Waals surface area contributed by atoms with Crippen molar-refractivity contribution in [1.29, 1.82) is 0 Å². The number of hydrogen-bond acceptors (Lipinski definition) is 2. The van der Waals surface area contributed by atoms with Crippen LogP contribution in [0.3, 0.4) is 0 Å². The fourth-order valence-corrected chi connectivity index (χ4v) is 1.23. The van der Waals surface area contributed by atoms with E-state index >= 15 is 0 Å². The Balaban J connectivity index is 2.73. The van der Waals surface area contributed by atoms with Gasteiger partial charge < -0.3 is 4.52 Å². The highest BCUT2D eigenvalue weighted by Crippen LogP contribution is 2.18. The van der Waals surface area contributed by atoms with E-state index in [1.165, 1.54) is 0 Å². The van der Waals surface area contributed by atoms with Crippen LogP contribution in [0.15, 0.2) is 35.0 Å². The van der Waals surface area contributed by atoms with Crippen LogP contribution in [0.5, 0.6) is 0 Å². The largest absolute Gasteiger partial charge is 0.356 e. The molecule has 0 bridgehead atoms. The normalized spacial score (nSPS) is 11.4. The van der Waals surface area contributed by atoms with Crippen LogP contribution in [0.4, 0.5) is 0 Å². The quantitative estimate of drug-likeness (QED) is 0.639. The highest BCUT2D eigenvalue weighted by molar-refractivity contribution is 5.84. The average Bonchev–Trinajstić information content (AvgIpc) is 2.53. The Kier molecular flexibility index (Phi) is 1.67. The van der Waals surface area contributed by atoms with Crippen LogP contribution >= 0.6 is 0 Å². The van der Waals surface area contributed by atoms with E-state index in [-0.39, 0.29) is 0 Å². The lowest BCUT2D eigenvalue weighted by atomic mass is 10.1. The molecule has 0 spiro atoms. The standard InChI is InChI=1S/C10H9NO/c1-2-4-8-5-3-6-9-7-11-12-10(8)9/h2-7H,1H3/b4-2+. The van der Waals surface area contributed by atoms with E-state index in [9.17, 15) is 0 Å². The molecule has 0 saturated heterocycles. The van der Waals surface area contributed by atoms with Gasteiger partial charge in [-0.15, -0.1) is 0 Å². The van der Waals surface area contributed by atoms with Gasteiger partial charge in [-0.3, -0.25) is 0 Å². The molecule has 2 heteroatoms. The summed E-state index contributed by atoms with van der Waals surface area (Å²) in [6.45, 7) is 1.98. The Morgan fingerprint density at radius 2 is 2.33 bits per heavy atom. The summed E-state index contributed by atoms with van der Waals surface area (Å²) in [6, 6.07) is 5.99. The molecule has 0 fully saturated rings. The number of aromatic nitrogens is 1. The van der Waals surface area contributed by atoms with Crippen molar-refractivity contribution < 1.29 is 4.52 Å². The van der Waals surface area contributed by atoms with Crippen molar-refractivity contribution in [3.8, 4) is 0 Å². The fourth-order valence-electron chi connectivity index (χ4n) is 1.23. The van der Waals surface area contributed by atoms with Crippen molar-refractivity contribution >= 4 is 17.0 Å². The Bertz CT molecular complexity index is 414. The summed E-state index contributed by atoms with van der Waals surface area (Å²) >= 11 is 0. The first-order valence-electron chi connectivity index (χ1n) is 3.88. The van der Waals surface area contributed by atoms with E-state index < -0.39 is 0 Å². The van der Waals surface area contributed by atoms with E-state index in [1.807, 2.05) is 37.3 Å². The van der Waals surface area contributed by atoms with Crippen molar-refractivity contribution in [3.63, 3.8) is 0 Å². The molecule has 2 nitrogen and oxygen atoms in total. The van der Waals surface area contributed by atoms with Gasteiger partial charge in [0.05, 0.1) is 6.20 Å². The number of rotatable bonds is 1. The van der Waals surface area contributed by atoms with Gasteiger partial charge in [-0.2, -0.15) is 0 Å². The molecule has 12 heavy (non-hydrogen) atoms. The van der Waals surface area contributed by atoms with Gasteiger partial charge in [-0.05, 0) is 13.0 Å². The third-order valence-electron chi connectivity index (χ3n) is 1.76. The van der Waals surface area contributed by atoms with Crippen molar-refractivity contribution in [1.82, 2.24) is 5.16 Å². The molecule has 60 valence electrons. The molecule has 0 aliphatic rings. The Morgan fingerprint density at radius 3 is 3.17 bits per heavy atom. The maximum atomic E-state index is 5.10. The maximum absolute atomic E-state index is 5.10. The van der Waals surface area contributed by atoms with Crippen LogP contribution in [0, 0.1) is 0 Å². The molecule has 0 atom stereocenters. The molecule has 0 saturated carbocycles. The summed E-state index contributed by atoms with van der Waals surface area (Å²) in [5.74, 6) is 0. The van der Waals surface area contributed by atoms with Crippen molar-refractivity contribution in [3.05, 3.63) is 36.0 Å². The van der Waals surface area contributed by atoms with E-state index in [2.05, 4.69) is 5.16 Å². The van der Waals surface area contributed by atoms with Crippen LogP contribution in [0.1, 0.15) is 12.5 Å². The first kappa shape index (κ1) is 7.10. The molecule has 1 aromatic heterocycles. The van der Waals surface area contributed by atoms with Gasteiger partial charge >= 0.3 is 0 Å². The molecule has 0 aliphatic heterocycles. The predicted molar refractivity (Wildman–Crippen MR) is 48.7 cm³/mol. The van der Waals surface area contributed by atoms with Crippen LogP contribution in [0.25, 0.3) is 17.0 Å². The van der Waals surface area contributed by atoms with Gasteiger partial charge in [-0.25, -0.2) is 0 Å². The van der Waals surface area contributed by atoms with Crippen LogP contribution in [0.2, 0.25) is 0 Å². The van der Waals surface area contributed by atoms with Crippen LogP contribution in [-0.4, -0.2) is 5.16 Å². The zero-order chi connectivity index (χ0) is 8.39. The lowest BCUT2D eigenvalue weighted by Gasteiger charge is -1.91. The SMILES string of the molecule is C/C=C/c1cccc2cnoc12. The molecular weight excluding hydrogens is 150 g/mol. The Morgan fingerprint density at radius 1 is 1.42 bits per heavy atom. The number of para-hydroxylation sites is 1. The third kappa shape index (κ3) is 1.01. The molecule has 1 heterocycles. The molecule has 0 radical (unpaired) electrons. The van der Waals surface area contributed by atoms with E-state index in [1.54, 1.807) is 6.20 Å². The molecule has 2 aromatic rings. The van der Waals surface area contributed by atoms with E-state index in [0.717, 1.165) is 16.5 Å². The predicted octanol–water partition coefficient (Wildman–Crippen LogP) is 2.86.